The van der Waals surface area contributed by atoms with Gasteiger partial charge in [0, 0.05) is 17.2 Å². The number of halogens is 2. The van der Waals surface area contributed by atoms with E-state index in [4.69, 9.17) is 28.4 Å². The Hall–Kier alpha value is -1.71. The Labute approximate surface area is 114 Å². The van der Waals surface area contributed by atoms with Gasteiger partial charge in [0.15, 0.2) is 0 Å². The molecule has 2 aromatic carbocycles. The van der Waals surface area contributed by atoms with E-state index in [1.165, 1.54) is 12.1 Å². The zero-order valence-electron chi connectivity index (χ0n) is 9.14. The third-order valence-electron chi connectivity index (χ3n) is 2.44. The smallest absolute Gasteiger partial charge is 0.135 e. The van der Waals surface area contributed by atoms with Crippen LogP contribution in [0.25, 0.3) is 0 Å². The van der Waals surface area contributed by atoms with Crippen molar-refractivity contribution in [1.82, 2.24) is 0 Å². The highest BCUT2D eigenvalue weighted by atomic mass is 35.5. The molecule has 18 heavy (non-hydrogen) atoms. The predicted molar refractivity (Wildman–Crippen MR) is 72.0 cm³/mol. The molecule has 0 fully saturated rings. The zero-order chi connectivity index (χ0) is 13.1. The number of nitrogens with zero attached hydrogens (tertiary/aromatic N) is 1. The number of oxime groups is 1. The van der Waals surface area contributed by atoms with Gasteiger partial charge in [-0.05, 0) is 6.07 Å². The molecule has 2 N–H and O–H groups in total. The lowest BCUT2D eigenvalue weighted by atomic mass is 10.0. The lowest BCUT2D eigenvalue weighted by Crippen LogP contribution is -2.04. The lowest BCUT2D eigenvalue weighted by Gasteiger charge is -2.08. The molecular weight excluding hydrogens is 273 g/mol. The quantitative estimate of drug-likeness (QED) is 0.498. The molecule has 0 aliphatic heterocycles. The maximum atomic E-state index is 9.43. The van der Waals surface area contributed by atoms with Gasteiger partial charge in [0.1, 0.15) is 11.5 Å². The van der Waals surface area contributed by atoms with Crippen LogP contribution < -0.4 is 0 Å². The minimum absolute atomic E-state index is 0.115. The van der Waals surface area contributed by atoms with E-state index in [-0.39, 0.29) is 15.8 Å². The SMILES string of the molecule is O/N=C(/c1ccccc1)c1cc(Cl)c(O)cc1Cl. The van der Waals surface area contributed by atoms with Crippen LogP contribution in [0, 0.1) is 0 Å². The van der Waals surface area contributed by atoms with Gasteiger partial charge in [-0.2, -0.15) is 0 Å². The summed E-state index contributed by atoms with van der Waals surface area (Å²) in [6.07, 6.45) is 0. The van der Waals surface area contributed by atoms with E-state index < -0.39 is 0 Å². The summed E-state index contributed by atoms with van der Waals surface area (Å²) in [5.74, 6) is -0.115. The standard InChI is InChI=1S/C13H9Cl2NO2/c14-10-7-12(17)11(15)6-9(10)13(16-18)8-4-2-1-3-5-8/h1-7,17-18H/b16-13-. The van der Waals surface area contributed by atoms with E-state index in [0.717, 1.165) is 0 Å². The molecule has 5 heteroatoms. The van der Waals surface area contributed by atoms with Crippen molar-refractivity contribution < 1.29 is 10.3 Å². The maximum absolute atomic E-state index is 9.43. The van der Waals surface area contributed by atoms with Gasteiger partial charge in [-0.3, -0.25) is 0 Å². The monoisotopic (exact) mass is 281 g/mol. The van der Waals surface area contributed by atoms with Crippen molar-refractivity contribution >= 4 is 28.9 Å². The van der Waals surface area contributed by atoms with Crippen LogP contribution in [-0.4, -0.2) is 16.0 Å². The Morgan fingerprint density at radius 1 is 1.00 bits per heavy atom. The fourth-order valence-electron chi connectivity index (χ4n) is 1.58. The Morgan fingerprint density at radius 3 is 2.28 bits per heavy atom. The summed E-state index contributed by atoms with van der Waals surface area (Å²) in [6.45, 7) is 0. The van der Waals surface area contributed by atoms with Gasteiger partial charge in [-0.25, -0.2) is 0 Å². The molecule has 0 aromatic heterocycles. The molecule has 0 bridgehead atoms. The third-order valence-corrected chi connectivity index (χ3v) is 3.05. The van der Waals surface area contributed by atoms with Crippen molar-refractivity contribution in [2.45, 2.75) is 0 Å². The first kappa shape index (κ1) is 12.7. The minimum Gasteiger partial charge on any atom is -0.506 e. The molecule has 0 aliphatic rings. The first-order chi connectivity index (χ1) is 8.63. The predicted octanol–water partition coefficient (Wildman–Crippen LogP) is 3.93. The fourth-order valence-corrected chi connectivity index (χ4v) is 1.99. The van der Waals surface area contributed by atoms with E-state index >= 15 is 0 Å². The summed E-state index contributed by atoms with van der Waals surface area (Å²) in [6, 6.07) is 11.8. The molecule has 0 aliphatic carbocycles. The molecule has 0 unspecified atom stereocenters. The van der Waals surface area contributed by atoms with Crippen LogP contribution >= 0.6 is 23.2 Å². The summed E-state index contributed by atoms with van der Waals surface area (Å²) in [4.78, 5) is 0. The summed E-state index contributed by atoms with van der Waals surface area (Å²) in [7, 11) is 0. The van der Waals surface area contributed by atoms with Crippen molar-refractivity contribution in [2.24, 2.45) is 5.16 Å². The molecule has 0 spiro atoms. The van der Waals surface area contributed by atoms with E-state index in [0.29, 0.717) is 16.8 Å². The van der Waals surface area contributed by atoms with Gasteiger partial charge in [-0.15, -0.1) is 0 Å². The number of rotatable bonds is 2. The number of hydrogen-bond donors (Lipinski definition) is 2. The van der Waals surface area contributed by atoms with Gasteiger partial charge in [0.05, 0.1) is 10.0 Å². The van der Waals surface area contributed by atoms with Crippen molar-refractivity contribution in [3.63, 3.8) is 0 Å². The summed E-state index contributed by atoms with van der Waals surface area (Å²) >= 11 is 11.8. The van der Waals surface area contributed by atoms with Crippen LogP contribution in [-0.2, 0) is 0 Å². The Morgan fingerprint density at radius 2 is 1.67 bits per heavy atom. The van der Waals surface area contributed by atoms with Crippen LogP contribution in [0.15, 0.2) is 47.6 Å². The Bertz CT molecular complexity index is 597. The molecular formula is C13H9Cl2NO2. The molecule has 0 radical (unpaired) electrons. The zero-order valence-corrected chi connectivity index (χ0v) is 10.7. The highest BCUT2D eigenvalue weighted by molar-refractivity contribution is 6.38. The van der Waals surface area contributed by atoms with Gasteiger partial charge in [-0.1, -0.05) is 58.7 Å². The largest absolute Gasteiger partial charge is 0.506 e. The lowest BCUT2D eigenvalue weighted by molar-refractivity contribution is 0.319. The fraction of sp³-hybridized carbons (Fsp3) is 0. The molecule has 0 saturated heterocycles. The topological polar surface area (TPSA) is 52.8 Å². The third kappa shape index (κ3) is 2.42. The van der Waals surface area contributed by atoms with Crippen molar-refractivity contribution in [3.8, 4) is 5.75 Å². The number of aromatic hydroxyl groups is 1. The van der Waals surface area contributed by atoms with Crippen LogP contribution in [0.1, 0.15) is 11.1 Å². The number of phenols is 1. The summed E-state index contributed by atoms with van der Waals surface area (Å²) < 4.78 is 0. The van der Waals surface area contributed by atoms with E-state index in [1.807, 2.05) is 18.2 Å². The highest BCUT2D eigenvalue weighted by Crippen LogP contribution is 2.31. The van der Waals surface area contributed by atoms with Crippen molar-refractivity contribution in [2.75, 3.05) is 0 Å². The summed E-state index contributed by atoms with van der Waals surface area (Å²) in [5.41, 5.74) is 1.44. The molecule has 2 rings (SSSR count). The maximum Gasteiger partial charge on any atom is 0.135 e. The average molecular weight is 282 g/mol. The molecule has 92 valence electrons. The van der Waals surface area contributed by atoms with Gasteiger partial charge >= 0.3 is 0 Å². The van der Waals surface area contributed by atoms with Gasteiger partial charge < -0.3 is 10.3 Å². The summed E-state index contributed by atoms with van der Waals surface area (Å²) in [5, 5.41) is 22.2. The second kappa shape index (κ2) is 5.29. The molecule has 0 heterocycles. The average Bonchev–Trinajstić information content (AvgIpc) is 2.38. The number of benzene rings is 2. The van der Waals surface area contributed by atoms with Crippen LogP contribution in [0.2, 0.25) is 10.0 Å². The molecule has 0 amide bonds. The second-order valence-electron chi connectivity index (χ2n) is 3.60. The molecule has 3 nitrogen and oxygen atoms in total. The van der Waals surface area contributed by atoms with Crippen molar-refractivity contribution in [3.05, 3.63) is 63.6 Å². The molecule has 0 saturated carbocycles. The van der Waals surface area contributed by atoms with E-state index in [9.17, 15) is 5.11 Å². The number of hydrogen-bond acceptors (Lipinski definition) is 3. The minimum atomic E-state index is -0.115. The Balaban J connectivity index is 2.57. The van der Waals surface area contributed by atoms with E-state index in [2.05, 4.69) is 5.16 Å². The normalized spacial score (nSPS) is 11.6. The first-order valence-corrected chi connectivity index (χ1v) is 5.85. The Kier molecular flexibility index (Phi) is 3.75. The van der Waals surface area contributed by atoms with Crippen LogP contribution in [0.3, 0.4) is 0 Å². The van der Waals surface area contributed by atoms with Crippen LogP contribution in [0.5, 0.6) is 5.75 Å². The van der Waals surface area contributed by atoms with Crippen LogP contribution in [0.4, 0.5) is 0 Å². The molecule has 2 aromatic rings. The van der Waals surface area contributed by atoms with Gasteiger partial charge in [0.25, 0.3) is 0 Å². The van der Waals surface area contributed by atoms with Gasteiger partial charge in [0.2, 0.25) is 0 Å². The van der Waals surface area contributed by atoms with E-state index in [1.54, 1.807) is 12.1 Å². The van der Waals surface area contributed by atoms with Crippen molar-refractivity contribution in [1.29, 1.82) is 0 Å². The molecule has 0 atom stereocenters. The highest BCUT2D eigenvalue weighted by Gasteiger charge is 2.14. The number of phenolic OH excluding ortho intramolecular Hbond substituents is 1. The first-order valence-electron chi connectivity index (χ1n) is 5.09. The second-order valence-corrected chi connectivity index (χ2v) is 4.41.